The maximum absolute atomic E-state index is 5.25. The minimum atomic E-state index is 0.594. The van der Waals surface area contributed by atoms with Crippen LogP contribution in [0.25, 0.3) is 0 Å². The minimum absolute atomic E-state index is 0.594. The van der Waals surface area contributed by atoms with E-state index in [-0.39, 0.29) is 0 Å². The van der Waals surface area contributed by atoms with Crippen molar-refractivity contribution < 1.29 is 4.74 Å². The third kappa shape index (κ3) is 3.10. The average Bonchev–Trinajstić information content (AvgIpc) is 2.46. The average molecular weight is 186 g/mol. The lowest BCUT2D eigenvalue weighted by molar-refractivity contribution is 0.351. The molecule has 1 saturated heterocycles. The van der Waals surface area contributed by atoms with Crippen LogP contribution in [-0.4, -0.2) is 11.7 Å². The Morgan fingerprint density at radius 2 is 2.25 bits per heavy atom. The summed E-state index contributed by atoms with van der Waals surface area (Å²) in [5.74, 6) is 0.594. The molecule has 1 aliphatic rings. The Morgan fingerprint density at radius 1 is 1.42 bits per heavy atom. The van der Waals surface area contributed by atoms with Gasteiger partial charge >= 0.3 is 0 Å². The van der Waals surface area contributed by atoms with E-state index in [0.29, 0.717) is 5.92 Å². The van der Waals surface area contributed by atoms with Crippen molar-refractivity contribution in [3.8, 4) is 0 Å². The van der Waals surface area contributed by atoms with Gasteiger partial charge in [-0.25, -0.2) is 0 Å². The van der Waals surface area contributed by atoms with Crippen LogP contribution in [0.2, 0.25) is 0 Å². The fourth-order valence-electron chi connectivity index (χ4n) is 1.62. The van der Waals surface area contributed by atoms with Crippen LogP contribution in [0.4, 0.5) is 0 Å². The molecule has 1 unspecified atom stereocenters. The Bertz CT molecular complexity index is 145. The van der Waals surface area contributed by atoms with E-state index in [0.717, 1.165) is 18.1 Å². The first kappa shape index (κ1) is 9.97. The number of hydrogen-bond donors (Lipinski definition) is 0. The molecule has 0 radical (unpaired) electrons. The van der Waals surface area contributed by atoms with Gasteiger partial charge in [0, 0.05) is 5.92 Å². The molecule has 1 fully saturated rings. The molecular weight excluding hydrogens is 168 g/mol. The van der Waals surface area contributed by atoms with Gasteiger partial charge in [-0.1, -0.05) is 32.6 Å². The fourth-order valence-corrected chi connectivity index (χ4v) is 1.94. The molecule has 70 valence electrons. The molecule has 0 aromatic rings. The van der Waals surface area contributed by atoms with Crippen molar-refractivity contribution in [3.05, 3.63) is 0 Å². The molecule has 1 rings (SSSR count). The molecule has 0 aliphatic carbocycles. The first-order valence-electron chi connectivity index (χ1n) is 5.01. The van der Waals surface area contributed by atoms with Crippen LogP contribution in [0.5, 0.6) is 0 Å². The van der Waals surface area contributed by atoms with Crippen molar-refractivity contribution in [2.24, 2.45) is 5.92 Å². The summed E-state index contributed by atoms with van der Waals surface area (Å²) in [7, 11) is 0. The maximum Gasteiger partial charge on any atom is 0.162 e. The second-order valence-electron chi connectivity index (χ2n) is 3.50. The fraction of sp³-hybridized carbons (Fsp3) is 0.900. The zero-order chi connectivity index (χ0) is 8.81. The van der Waals surface area contributed by atoms with E-state index in [4.69, 9.17) is 17.0 Å². The number of ether oxygens (including phenoxy) is 1. The Balaban J connectivity index is 2.02. The zero-order valence-electron chi connectivity index (χ0n) is 7.84. The van der Waals surface area contributed by atoms with E-state index in [1.807, 2.05) is 0 Å². The van der Waals surface area contributed by atoms with Crippen LogP contribution >= 0.6 is 12.2 Å². The van der Waals surface area contributed by atoms with Crippen molar-refractivity contribution >= 4 is 17.3 Å². The summed E-state index contributed by atoms with van der Waals surface area (Å²) in [5, 5.41) is 0.867. The lowest BCUT2D eigenvalue weighted by atomic mass is 10.0. The highest BCUT2D eigenvalue weighted by Gasteiger charge is 2.21. The predicted octanol–water partition coefficient (Wildman–Crippen LogP) is 3.32. The Labute approximate surface area is 80.5 Å². The highest BCUT2D eigenvalue weighted by molar-refractivity contribution is 7.80. The van der Waals surface area contributed by atoms with Crippen LogP contribution in [0.1, 0.15) is 45.4 Å². The van der Waals surface area contributed by atoms with E-state index >= 15 is 0 Å². The summed E-state index contributed by atoms with van der Waals surface area (Å²) >= 11 is 5.10. The molecule has 0 aromatic carbocycles. The summed E-state index contributed by atoms with van der Waals surface area (Å²) in [6, 6.07) is 0. The van der Waals surface area contributed by atoms with Crippen LogP contribution in [-0.2, 0) is 4.74 Å². The Hall–Kier alpha value is -0.110. The van der Waals surface area contributed by atoms with Gasteiger partial charge in [0.15, 0.2) is 5.05 Å². The first-order valence-corrected chi connectivity index (χ1v) is 5.42. The van der Waals surface area contributed by atoms with E-state index in [1.165, 1.54) is 32.1 Å². The third-order valence-electron chi connectivity index (χ3n) is 2.45. The van der Waals surface area contributed by atoms with Gasteiger partial charge in [0.05, 0.1) is 6.61 Å². The zero-order valence-corrected chi connectivity index (χ0v) is 8.66. The van der Waals surface area contributed by atoms with Gasteiger partial charge in [-0.05, 0) is 25.1 Å². The second kappa shape index (κ2) is 5.52. The predicted molar refractivity (Wildman–Crippen MR) is 55.4 cm³/mol. The molecule has 1 heterocycles. The van der Waals surface area contributed by atoms with Crippen molar-refractivity contribution in [1.82, 2.24) is 0 Å². The molecule has 12 heavy (non-hydrogen) atoms. The monoisotopic (exact) mass is 186 g/mol. The number of rotatable bonds is 5. The molecule has 1 nitrogen and oxygen atoms in total. The summed E-state index contributed by atoms with van der Waals surface area (Å²) in [4.78, 5) is 0. The van der Waals surface area contributed by atoms with Gasteiger partial charge < -0.3 is 4.74 Å². The van der Waals surface area contributed by atoms with E-state index < -0.39 is 0 Å². The largest absolute Gasteiger partial charge is 0.487 e. The highest BCUT2D eigenvalue weighted by atomic mass is 32.1. The van der Waals surface area contributed by atoms with Gasteiger partial charge in [-0.2, -0.15) is 0 Å². The van der Waals surface area contributed by atoms with Crippen molar-refractivity contribution in [2.45, 2.75) is 45.4 Å². The van der Waals surface area contributed by atoms with Crippen molar-refractivity contribution in [3.63, 3.8) is 0 Å². The lowest BCUT2D eigenvalue weighted by Crippen LogP contribution is -2.04. The molecule has 0 bridgehead atoms. The normalized spacial score (nSPS) is 22.8. The van der Waals surface area contributed by atoms with Gasteiger partial charge in [-0.15, -0.1) is 0 Å². The second-order valence-corrected chi connectivity index (χ2v) is 3.90. The van der Waals surface area contributed by atoms with Gasteiger partial charge in [0.1, 0.15) is 0 Å². The molecule has 0 aromatic heterocycles. The van der Waals surface area contributed by atoms with E-state index in [9.17, 15) is 0 Å². The summed E-state index contributed by atoms with van der Waals surface area (Å²) in [6.45, 7) is 3.10. The quantitative estimate of drug-likeness (QED) is 0.481. The van der Waals surface area contributed by atoms with E-state index in [1.54, 1.807) is 0 Å². The standard InChI is InChI=1S/C10H18OS/c1-2-3-4-5-6-9-7-8-11-10(9)12/h9H,2-8H2,1H3. The minimum Gasteiger partial charge on any atom is -0.487 e. The van der Waals surface area contributed by atoms with Gasteiger partial charge in [-0.3, -0.25) is 0 Å². The maximum atomic E-state index is 5.25. The topological polar surface area (TPSA) is 9.23 Å². The van der Waals surface area contributed by atoms with Gasteiger partial charge in [0.2, 0.25) is 0 Å². The summed E-state index contributed by atoms with van der Waals surface area (Å²) in [5.41, 5.74) is 0. The van der Waals surface area contributed by atoms with Crippen molar-refractivity contribution in [1.29, 1.82) is 0 Å². The molecule has 1 atom stereocenters. The van der Waals surface area contributed by atoms with Crippen LogP contribution in [0.3, 0.4) is 0 Å². The van der Waals surface area contributed by atoms with Crippen molar-refractivity contribution in [2.75, 3.05) is 6.61 Å². The molecule has 0 spiro atoms. The number of hydrogen-bond acceptors (Lipinski definition) is 2. The Morgan fingerprint density at radius 3 is 2.83 bits per heavy atom. The molecule has 0 saturated carbocycles. The lowest BCUT2D eigenvalue weighted by Gasteiger charge is -2.05. The third-order valence-corrected chi connectivity index (χ3v) is 2.90. The van der Waals surface area contributed by atoms with E-state index in [2.05, 4.69) is 6.92 Å². The molecule has 1 aliphatic heterocycles. The van der Waals surface area contributed by atoms with Gasteiger partial charge in [0.25, 0.3) is 0 Å². The SMILES string of the molecule is CCCCCCC1CCOC1=S. The van der Waals surface area contributed by atoms with Crippen LogP contribution in [0.15, 0.2) is 0 Å². The number of unbranched alkanes of at least 4 members (excludes halogenated alkanes) is 3. The molecule has 0 N–H and O–H groups in total. The Kier molecular flexibility index (Phi) is 4.59. The van der Waals surface area contributed by atoms with Crippen LogP contribution in [0, 0.1) is 5.92 Å². The first-order chi connectivity index (χ1) is 5.84. The molecule has 2 heteroatoms. The highest BCUT2D eigenvalue weighted by Crippen LogP contribution is 2.22. The summed E-state index contributed by atoms with van der Waals surface area (Å²) < 4.78 is 5.25. The molecular formula is C10H18OS. The number of thiocarbonyl (C=S) groups is 1. The smallest absolute Gasteiger partial charge is 0.162 e. The van der Waals surface area contributed by atoms with Crippen LogP contribution < -0.4 is 0 Å². The molecule has 0 amide bonds. The summed E-state index contributed by atoms with van der Waals surface area (Å²) in [6.07, 6.45) is 7.76.